The summed E-state index contributed by atoms with van der Waals surface area (Å²) in [4.78, 5) is 12.3. The number of nitrogens with zero attached hydrogens (tertiary/aromatic N) is 1. The minimum absolute atomic E-state index is 0.136. The molecule has 2 aliphatic rings. The maximum absolute atomic E-state index is 12.3. The van der Waals surface area contributed by atoms with E-state index in [1.54, 1.807) is 0 Å². The average Bonchev–Trinajstić information content (AvgIpc) is 3.24. The number of hydrogen-bond donors (Lipinski definition) is 4. The second-order valence-electron chi connectivity index (χ2n) is 9.09. The van der Waals surface area contributed by atoms with Gasteiger partial charge in [-0.15, -0.1) is 0 Å². The summed E-state index contributed by atoms with van der Waals surface area (Å²) >= 11 is 0. The second kappa shape index (κ2) is 9.76. The summed E-state index contributed by atoms with van der Waals surface area (Å²) in [5.41, 5.74) is 4.60. The second-order valence-corrected chi connectivity index (χ2v) is 9.09. The Hall–Kier alpha value is -2.83. The molecule has 2 saturated heterocycles. The van der Waals surface area contributed by atoms with Crippen LogP contribution in [-0.2, 0) is 0 Å². The van der Waals surface area contributed by atoms with Crippen molar-refractivity contribution in [3.63, 3.8) is 0 Å². The van der Waals surface area contributed by atoms with Crippen molar-refractivity contribution < 1.29 is 4.79 Å². The minimum Gasteiger partial charge on any atom is -0.338 e. The van der Waals surface area contributed by atoms with E-state index in [-0.39, 0.29) is 6.03 Å². The zero-order valence-electron chi connectivity index (χ0n) is 18.6. The number of rotatable bonds is 5. The highest BCUT2D eigenvalue weighted by atomic mass is 16.2. The predicted molar refractivity (Wildman–Crippen MR) is 131 cm³/mol. The predicted octanol–water partition coefficient (Wildman–Crippen LogP) is 4.22. The van der Waals surface area contributed by atoms with Crippen LogP contribution in [0.4, 0.5) is 10.5 Å². The third kappa shape index (κ3) is 4.66. The molecule has 3 aromatic rings. The number of para-hydroxylation sites is 1. The molecule has 1 unspecified atom stereocenters. The molecule has 6 nitrogen and oxygen atoms in total. The Bertz CT molecular complexity index is 1050. The SMILES string of the molecule is O=C(NCC1CCCNC1)Nc1ccc(-n2cc(C3CCNCC3)c3ccccc32)cc1. The lowest BCUT2D eigenvalue weighted by Crippen LogP contribution is -2.39. The molecule has 2 aromatic carbocycles. The van der Waals surface area contributed by atoms with Crippen molar-refractivity contribution in [3.8, 4) is 5.69 Å². The van der Waals surface area contributed by atoms with Crippen LogP contribution in [0.25, 0.3) is 16.6 Å². The molecule has 3 heterocycles. The van der Waals surface area contributed by atoms with Gasteiger partial charge < -0.3 is 25.8 Å². The van der Waals surface area contributed by atoms with E-state index < -0.39 is 0 Å². The summed E-state index contributed by atoms with van der Waals surface area (Å²) in [5.74, 6) is 1.12. The van der Waals surface area contributed by atoms with Gasteiger partial charge in [0.1, 0.15) is 0 Å². The normalized spacial score (nSPS) is 19.7. The first-order valence-corrected chi connectivity index (χ1v) is 11.9. The number of carbonyl (C=O) groups is 1. The Morgan fingerprint density at radius 1 is 0.969 bits per heavy atom. The number of carbonyl (C=O) groups excluding carboxylic acids is 1. The Morgan fingerprint density at radius 2 is 1.78 bits per heavy atom. The number of amides is 2. The van der Waals surface area contributed by atoms with Crippen LogP contribution >= 0.6 is 0 Å². The molecule has 1 aromatic heterocycles. The highest BCUT2D eigenvalue weighted by molar-refractivity contribution is 5.89. The van der Waals surface area contributed by atoms with Crippen LogP contribution in [0.5, 0.6) is 0 Å². The first-order valence-electron chi connectivity index (χ1n) is 11.9. The zero-order chi connectivity index (χ0) is 21.8. The van der Waals surface area contributed by atoms with Gasteiger partial charge in [0, 0.05) is 29.5 Å². The monoisotopic (exact) mass is 431 g/mol. The molecule has 0 radical (unpaired) electrons. The van der Waals surface area contributed by atoms with E-state index >= 15 is 0 Å². The van der Waals surface area contributed by atoms with Crippen LogP contribution in [-0.4, -0.2) is 43.3 Å². The molecule has 168 valence electrons. The fraction of sp³-hybridized carbons (Fsp3) is 0.423. The molecule has 0 saturated carbocycles. The first kappa shape index (κ1) is 21.0. The van der Waals surface area contributed by atoms with E-state index in [2.05, 4.69) is 68.4 Å². The van der Waals surface area contributed by atoms with Crippen molar-refractivity contribution >= 4 is 22.6 Å². The molecule has 32 heavy (non-hydrogen) atoms. The number of urea groups is 1. The molecule has 0 aliphatic carbocycles. The molecular weight excluding hydrogens is 398 g/mol. The molecule has 2 fully saturated rings. The van der Waals surface area contributed by atoms with Crippen molar-refractivity contribution in [1.29, 1.82) is 0 Å². The summed E-state index contributed by atoms with van der Waals surface area (Å²) in [6, 6.07) is 16.7. The lowest BCUT2D eigenvalue weighted by molar-refractivity contribution is 0.248. The van der Waals surface area contributed by atoms with E-state index in [9.17, 15) is 4.79 Å². The maximum atomic E-state index is 12.3. The van der Waals surface area contributed by atoms with Gasteiger partial charge in [-0.05, 0) is 99.6 Å². The van der Waals surface area contributed by atoms with Gasteiger partial charge in [0.15, 0.2) is 0 Å². The summed E-state index contributed by atoms with van der Waals surface area (Å²) in [6.07, 6.45) is 7.04. The fourth-order valence-electron chi connectivity index (χ4n) is 5.09. The highest BCUT2D eigenvalue weighted by Crippen LogP contribution is 2.34. The van der Waals surface area contributed by atoms with Gasteiger partial charge >= 0.3 is 6.03 Å². The summed E-state index contributed by atoms with van der Waals surface area (Å²) in [7, 11) is 0. The molecule has 2 aliphatic heterocycles. The van der Waals surface area contributed by atoms with Gasteiger partial charge in [-0.3, -0.25) is 0 Å². The van der Waals surface area contributed by atoms with Crippen molar-refractivity contribution in [2.45, 2.75) is 31.6 Å². The zero-order valence-corrected chi connectivity index (χ0v) is 18.6. The average molecular weight is 432 g/mol. The molecule has 4 N–H and O–H groups in total. The van der Waals surface area contributed by atoms with Crippen LogP contribution in [0.2, 0.25) is 0 Å². The molecule has 6 heteroatoms. The van der Waals surface area contributed by atoms with Crippen LogP contribution in [0.3, 0.4) is 0 Å². The summed E-state index contributed by atoms with van der Waals surface area (Å²) in [5, 5.41) is 14.2. The molecular formula is C26H33N5O. The first-order chi connectivity index (χ1) is 15.8. The third-order valence-electron chi connectivity index (χ3n) is 6.88. The number of benzene rings is 2. The minimum atomic E-state index is -0.136. The van der Waals surface area contributed by atoms with Crippen molar-refractivity contribution in [2.24, 2.45) is 5.92 Å². The van der Waals surface area contributed by atoms with Crippen molar-refractivity contribution in [3.05, 3.63) is 60.3 Å². The van der Waals surface area contributed by atoms with Gasteiger partial charge in [-0.1, -0.05) is 18.2 Å². The Labute approximate surface area is 189 Å². The Balaban J connectivity index is 1.29. The molecule has 0 spiro atoms. The van der Waals surface area contributed by atoms with Gasteiger partial charge in [0.2, 0.25) is 0 Å². The Morgan fingerprint density at radius 3 is 2.56 bits per heavy atom. The number of anilines is 1. The van der Waals surface area contributed by atoms with Crippen molar-refractivity contribution in [1.82, 2.24) is 20.5 Å². The number of piperidine rings is 2. The Kier molecular flexibility index (Phi) is 6.41. The standard InChI is InChI=1S/C26H33N5O/c32-26(29-17-19-4-3-13-28-16-19)30-21-7-9-22(10-8-21)31-18-24(20-11-14-27-15-12-20)23-5-1-2-6-25(23)31/h1-2,5-10,18-20,27-28H,3-4,11-17H2,(H2,29,30,32). The van der Waals surface area contributed by atoms with Gasteiger partial charge in [0.05, 0.1) is 5.52 Å². The molecule has 2 amide bonds. The van der Waals surface area contributed by atoms with E-state index in [0.29, 0.717) is 18.4 Å². The molecule has 0 bridgehead atoms. The molecule has 5 rings (SSSR count). The topological polar surface area (TPSA) is 70.1 Å². The number of aromatic nitrogens is 1. The van der Waals surface area contributed by atoms with Crippen LogP contribution in [0.15, 0.2) is 54.7 Å². The fourth-order valence-corrected chi connectivity index (χ4v) is 5.09. The van der Waals surface area contributed by atoms with E-state index in [4.69, 9.17) is 0 Å². The van der Waals surface area contributed by atoms with E-state index in [1.165, 1.54) is 42.1 Å². The van der Waals surface area contributed by atoms with E-state index in [0.717, 1.165) is 37.6 Å². The van der Waals surface area contributed by atoms with Crippen molar-refractivity contribution in [2.75, 3.05) is 38.0 Å². The smallest absolute Gasteiger partial charge is 0.319 e. The van der Waals surface area contributed by atoms with Gasteiger partial charge in [0.25, 0.3) is 0 Å². The van der Waals surface area contributed by atoms with Crippen LogP contribution < -0.4 is 21.3 Å². The quantitative estimate of drug-likeness (QED) is 0.489. The van der Waals surface area contributed by atoms with Gasteiger partial charge in [-0.2, -0.15) is 0 Å². The largest absolute Gasteiger partial charge is 0.338 e. The van der Waals surface area contributed by atoms with Gasteiger partial charge in [-0.25, -0.2) is 4.79 Å². The highest BCUT2D eigenvalue weighted by Gasteiger charge is 2.20. The van der Waals surface area contributed by atoms with E-state index in [1.807, 2.05) is 12.1 Å². The third-order valence-corrected chi connectivity index (χ3v) is 6.88. The number of hydrogen-bond acceptors (Lipinski definition) is 3. The number of fused-ring (bicyclic) bond motifs is 1. The summed E-state index contributed by atoms with van der Waals surface area (Å²) in [6.45, 7) is 4.96. The lowest BCUT2D eigenvalue weighted by Gasteiger charge is -2.22. The maximum Gasteiger partial charge on any atom is 0.319 e. The van der Waals surface area contributed by atoms with Crippen LogP contribution in [0.1, 0.15) is 37.2 Å². The van der Waals surface area contributed by atoms with Crippen LogP contribution in [0, 0.1) is 5.92 Å². The number of nitrogens with one attached hydrogen (secondary N) is 4. The lowest BCUT2D eigenvalue weighted by atomic mass is 9.90. The summed E-state index contributed by atoms with van der Waals surface area (Å²) < 4.78 is 2.28. The molecule has 1 atom stereocenters.